The van der Waals surface area contributed by atoms with Gasteiger partial charge >= 0.3 is 0 Å². The molecule has 1 aliphatic rings. The molecule has 3 heteroatoms. The van der Waals surface area contributed by atoms with E-state index in [1.807, 2.05) is 6.92 Å². The second kappa shape index (κ2) is 6.39. The highest BCUT2D eigenvalue weighted by Gasteiger charge is 2.43. The minimum absolute atomic E-state index is 0.0238. The zero-order valence-corrected chi connectivity index (χ0v) is 11.8. The zero-order valence-electron chi connectivity index (χ0n) is 11.8. The van der Waals surface area contributed by atoms with E-state index < -0.39 is 0 Å². The molecule has 1 saturated heterocycles. The van der Waals surface area contributed by atoms with E-state index in [9.17, 15) is 4.79 Å². The Morgan fingerprint density at radius 1 is 1.47 bits per heavy atom. The largest absolute Gasteiger partial charge is 0.382 e. The third-order valence-corrected chi connectivity index (χ3v) is 4.02. The Morgan fingerprint density at radius 3 is 2.71 bits per heavy atom. The van der Waals surface area contributed by atoms with Gasteiger partial charge in [0.1, 0.15) is 0 Å². The molecule has 1 amide bonds. The average molecular weight is 241 g/mol. The van der Waals surface area contributed by atoms with Crippen molar-refractivity contribution >= 4 is 5.91 Å². The Bertz CT molecular complexity index is 247. The lowest BCUT2D eigenvalue weighted by atomic mass is 9.90. The first kappa shape index (κ1) is 14.5. The van der Waals surface area contributed by atoms with Gasteiger partial charge in [-0.25, -0.2) is 0 Å². The maximum Gasteiger partial charge on any atom is 0.225 e. The Morgan fingerprint density at radius 2 is 2.18 bits per heavy atom. The van der Waals surface area contributed by atoms with Crippen molar-refractivity contribution in [3.8, 4) is 0 Å². The van der Waals surface area contributed by atoms with Crippen LogP contribution in [-0.2, 0) is 9.53 Å². The maximum atomic E-state index is 12.4. The Labute approximate surface area is 106 Å². The van der Waals surface area contributed by atoms with E-state index >= 15 is 0 Å². The van der Waals surface area contributed by atoms with E-state index in [0.29, 0.717) is 12.5 Å². The number of ether oxygens (including phenoxy) is 1. The summed E-state index contributed by atoms with van der Waals surface area (Å²) in [6.07, 6.45) is 5.30. The quantitative estimate of drug-likeness (QED) is 0.715. The van der Waals surface area contributed by atoms with Gasteiger partial charge < -0.3 is 9.64 Å². The van der Waals surface area contributed by atoms with Crippen molar-refractivity contribution < 1.29 is 9.53 Å². The normalized spacial score (nSPS) is 26.2. The first-order chi connectivity index (χ1) is 8.11. The van der Waals surface area contributed by atoms with Gasteiger partial charge in [0.25, 0.3) is 0 Å². The van der Waals surface area contributed by atoms with Gasteiger partial charge in [-0.15, -0.1) is 0 Å². The molecule has 0 unspecified atom stereocenters. The number of rotatable bonds is 6. The molecule has 1 heterocycles. The van der Waals surface area contributed by atoms with Crippen LogP contribution in [0.25, 0.3) is 0 Å². The minimum atomic E-state index is -0.0238. The van der Waals surface area contributed by atoms with Crippen molar-refractivity contribution in [2.45, 2.75) is 58.4 Å². The van der Waals surface area contributed by atoms with Gasteiger partial charge in [-0.3, -0.25) is 4.79 Å². The monoisotopic (exact) mass is 241 g/mol. The number of likely N-dealkylation sites (tertiary alicyclic amines) is 1. The molecule has 0 aromatic rings. The number of hydrogen-bond donors (Lipinski definition) is 0. The van der Waals surface area contributed by atoms with Crippen LogP contribution in [0.2, 0.25) is 0 Å². The summed E-state index contributed by atoms with van der Waals surface area (Å²) >= 11 is 0. The van der Waals surface area contributed by atoms with Gasteiger partial charge in [0.15, 0.2) is 0 Å². The van der Waals surface area contributed by atoms with E-state index in [-0.39, 0.29) is 11.5 Å². The standard InChI is InChI=1S/C14H27NO2/c1-5-8-14(11-17-4)9-7-10-15(14)13(16)12(3)6-2/h12H,5-11H2,1-4H3/t12-,14-/m1/s1. The lowest BCUT2D eigenvalue weighted by Crippen LogP contribution is -2.51. The third kappa shape index (κ3) is 3.01. The molecular weight excluding hydrogens is 214 g/mol. The summed E-state index contributed by atoms with van der Waals surface area (Å²) in [5, 5.41) is 0. The lowest BCUT2D eigenvalue weighted by molar-refractivity contribution is -0.141. The van der Waals surface area contributed by atoms with Crippen molar-refractivity contribution in [2.75, 3.05) is 20.3 Å². The fourth-order valence-electron chi connectivity index (χ4n) is 2.94. The third-order valence-electron chi connectivity index (χ3n) is 4.02. The maximum absolute atomic E-state index is 12.4. The Hall–Kier alpha value is -0.570. The summed E-state index contributed by atoms with van der Waals surface area (Å²) in [7, 11) is 1.74. The van der Waals surface area contributed by atoms with Crippen molar-refractivity contribution in [1.29, 1.82) is 0 Å². The zero-order chi connectivity index (χ0) is 12.9. The van der Waals surface area contributed by atoms with Crippen LogP contribution in [0, 0.1) is 5.92 Å². The van der Waals surface area contributed by atoms with Gasteiger partial charge in [0, 0.05) is 19.6 Å². The summed E-state index contributed by atoms with van der Waals surface area (Å²) in [6.45, 7) is 7.89. The molecular formula is C14H27NO2. The van der Waals surface area contributed by atoms with Crippen molar-refractivity contribution in [2.24, 2.45) is 5.92 Å². The van der Waals surface area contributed by atoms with Crippen LogP contribution >= 0.6 is 0 Å². The Kier molecular flexibility index (Phi) is 5.44. The fourth-order valence-corrected chi connectivity index (χ4v) is 2.94. The summed E-state index contributed by atoms with van der Waals surface area (Å²) < 4.78 is 5.38. The summed E-state index contributed by atoms with van der Waals surface area (Å²) in [5.41, 5.74) is -0.0238. The van der Waals surface area contributed by atoms with Gasteiger partial charge in [-0.05, 0) is 25.7 Å². The molecule has 1 fully saturated rings. The molecule has 0 N–H and O–H groups in total. The van der Waals surface area contributed by atoms with Crippen LogP contribution in [0.5, 0.6) is 0 Å². The molecule has 0 radical (unpaired) electrons. The van der Waals surface area contributed by atoms with E-state index in [4.69, 9.17) is 4.74 Å². The molecule has 2 atom stereocenters. The number of methoxy groups -OCH3 is 1. The molecule has 0 bridgehead atoms. The van der Waals surface area contributed by atoms with Crippen LogP contribution in [-0.4, -0.2) is 36.6 Å². The topological polar surface area (TPSA) is 29.5 Å². The lowest BCUT2D eigenvalue weighted by Gasteiger charge is -2.39. The number of carbonyl (C=O) groups excluding carboxylic acids is 1. The minimum Gasteiger partial charge on any atom is -0.382 e. The van der Waals surface area contributed by atoms with Crippen LogP contribution in [0.1, 0.15) is 52.9 Å². The molecule has 100 valence electrons. The summed E-state index contributed by atoms with van der Waals surface area (Å²) in [4.78, 5) is 14.5. The van der Waals surface area contributed by atoms with E-state index in [2.05, 4.69) is 18.7 Å². The average Bonchev–Trinajstić information content (AvgIpc) is 2.72. The summed E-state index contributed by atoms with van der Waals surface area (Å²) in [6, 6.07) is 0. The molecule has 1 aliphatic heterocycles. The van der Waals surface area contributed by atoms with Gasteiger partial charge in [0.05, 0.1) is 12.1 Å². The second-order valence-electron chi connectivity index (χ2n) is 5.31. The Balaban J connectivity index is 2.83. The number of amides is 1. The van der Waals surface area contributed by atoms with Crippen LogP contribution in [0.4, 0.5) is 0 Å². The smallest absolute Gasteiger partial charge is 0.225 e. The molecule has 0 aromatic heterocycles. The number of hydrogen-bond acceptors (Lipinski definition) is 2. The van der Waals surface area contributed by atoms with E-state index in [0.717, 1.165) is 38.6 Å². The van der Waals surface area contributed by atoms with Crippen LogP contribution in [0.3, 0.4) is 0 Å². The van der Waals surface area contributed by atoms with Crippen molar-refractivity contribution in [3.63, 3.8) is 0 Å². The number of carbonyl (C=O) groups is 1. The molecule has 0 aliphatic carbocycles. The molecule has 17 heavy (non-hydrogen) atoms. The predicted octanol–water partition coefficient (Wildman–Crippen LogP) is 2.84. The molecule has 0 saturated carbocycles. The SMILES string of the molecule is CCC[C@]1(COC)CCCN1C(=O)[C@H](C)CC. The first-order valence-electron chi connectivity index (χ1n) is 6.91. The van der Waals surface area contributed by atoms with Crippen LogP contribution < -0.4 is 0 Å². The van der Waals surface area contributed by atoms with E-state index in [1.54, 1.807) is 7.11 Å². The highest BCUT2D eigenvalue weighted by molar-refractivity contribution is 5.79. The second-order valence-corrected chi connectivity index (χ2v) is 5.31. The van der Waals surface area contributed by atoms with Gasteiger partial charge in [0.2, 0.25) is 5.91 Å². The van der Waals surface area contributed by atoms with Gasteiger partial charge in [-0.2, -0.15) is 0 Å². The van der Waals surface area contributed by atoms with Crippen LogP contribution in [0.15, 0.2) is 0 Å². The molecule has 3 nitrogen and oxygen atoms in total. The highest BCUT2D eigenvalue weighted by Crippen LogP contribution is 2.35. The molecule has 0 spiro atoms. The fraction of sp³-hybridized carbons (Fsp3) is 0.929. The predicted molar refractivity (Wildman–Crippen MR) is 69.9 cm³/mol. The van der Waals surface area contributed by atoms with Crippen molar-refractivity contribution in [1.82, 2.24) is 4.90 Å². The highest BCUT2D eigenvalue weighted by atomic mass is 16.5. The first-order valence-corrected chi connectivity index (χ1v) is 6.91. The molecule has 0 aromatic carbocycles. The van der Waals surface area contributed by atoms with E-state index in [1.165, 1.54) is 0 Å². The number of nitrogens with zero attached hydrogens (tertiary/aromatic N) is 1. The van der Waals surface area contributed by atoms with Gasteiger partial charge in [-0.1, -0.05) is 27.2 Å². The molecule has 1 rings (SSSR count). The summed E-state index contributed by atoms with van der Waals surface area (Å²) in [5.74, 6) is 0.455. The van der Waals surface area contributed by atoms with Crippen molar-refractivity contribution in [3.05, 3.63) is 0 Å².